The van der Waals surface area contributed by atoms with E-state index in [0.29, 0.717) is 17.5 Å². The summed E-state index contributed by atoms with van der Waals surface area (Å²) in [7, 11) is 0. The van der Waals surface area contributed by atoms with Crippen LogP contribution in [-0.2, 0) is 6.42 Å². The van der Waals surface area contributed by atoms with Gasteiger partial charge in [0.05, 0.1) is 6.20 Å². The van der Waals surface area contributed by atoms with Crippen molar-refractivity contribution in [1.82, 2.24) is 15.0 Å². The van der Waals surface area contributed by atoms with Gasteiger partial charge in [-0.25, -0.2) is 4.98 Å². The van der Waals surface area contributed by atoms with E-state index in [2.05, 4.69) is 33.2 Å². The third-order valence-electron chi connectivity index (χ3n) is 5.38. The average Bonchev–Trinajstić information content (AvgIpc) is 3.21. The van der Waals surface area contributed by atoms with Gasteiger partial charge in [0.1, 0.15) is 17.5 Å². The van der Waals surface area contributed by atoms with Crippen LogP contribution in [0, 0.1) is 0 Å². The second-order valence-electron chi connectivity index (χ2n) is 7.58. The smallest absolute Gasteiger partial charge is 0.138 e. The van der Waals surface area contributed by atoms with Gasteiger partial charge in [-0.3, -0.25) is 4.98 Å². The van der Waals surface area contributed by atoms with Crippen molar-refractivity contribution in [3.63, 3.8) is 0 Å². The summed E-state index contributed by atoms with van der Waals surface area (Å²) < 4.78 is 5.97. The monoisotopic (exact) mass is 428 g/mol. The summed E-state index contributed by atoms with van der Waals surface area (Å²) in [6.45, 7) is 0.406. The molecule has 0 aliphatic carbocycles. The molecule has 5 nitrogen and oxygen atoms in total. The number of H-pyrrole nitrogens is 1. The highest BCUT2D eigenvalue weighted by atomic mass is 35.5. The summed E-state index contributed by atoms with van der Waals surface area (Å²) in [5, 5.41) is 3.66. The summed E-state index contributed by atoms with van der Waals surface area (Å²) in [6, 6.07) is 18.1. The lowest BCUT2D eigenvalue weighted by Crippen LogP contribution is -2.30. The molecule has 1 atom stereocenters. The quantitative estimate of drug-likeness (QED) is 0.356. The SMILES string of the molecule is N[C@H](COc1cncc(-c2ccc3c(Cl)nccc3c2)c1)Cc1c[nH]c2ccccc12. The molecule has 0 radical (unpaired) electrons. The van der Waals surface area contributed by atoms with Crippen LogP contribution in [-0.4, -0.2) is 27.6 Å². The lowest BCUT2D eigenvalue weighted by atomic mass is 10.0. The number of nitrogens with two attached hydrogens (primary N) is 1. The molecule has 5 rings (SSSR count). The van der Waals surface area contributed by atoms with Crippen molar-refractivity contribution >= 4 is 33.3 Å². The standard InChI is InChI=1S/C25H21ClN4O/c26-25-23-6-5-16(9-17(23)7-8-29-25)18-11-21(14-28-12-18)31-15-20(27)10-19-13-30-24-4-2-1-3-22(19)24/h1-9,11-14,20,30H,10,15,27H2/t20-/m0/s1. The van der Waals surface area contributed by atoms with E-state index in [1.807, 2.05) is 48.8 Å². The molecule has 2 aromatic carbocycles. The van der Waals surface area contributed by atoms with Crippen LogP contribution in [0.3, 0.4) is 0 Å². The number of hydrogen-bond donors (Lipinski definition) is 2. The lowest BCUT2D eigenvalue weighted by molar-refractivity contribution is 0.287. The molecule has 3 aromatic heterocycles. The number of fused-ring (bicyclic) bond motifs is 2. The highest BCUT2D eigenvalue weighted by molar-refractivity contribution is 6.34. The zero-order chi connectivity index (χ0) is 21.2. The van der Waals surface area contributed by atoms with Crippen molar-refractivity contribution in [2.45, 2.75) is 12.5 Å². The Morgan fingerprint density at radius 3 is 2.84 bits per heavy atom. The molecular formula is C25H21ClN4O. The van der Waals surface area contributed by atoms with E-state index in [1.165, 1.54) is 10.9 Å². The maximum atomic E-state index is 6.35. The molecule has 6 heteroatoms. The summed E-state index contributed by atoms with van der Waals surface area (Å²) in [5.74, 6) is 0.694. The highest BCUT2D eigenvalue weighted by Crippen LogP contribution is 2.28. The Hall–Kier alpha value is -3.41. The molecule has 154 valence electrons. The molecule has 0 saturated heterocycles. The molecule has 3 heterocycles. The normalized spacial score (nSPS) is 12.3. The van der Waals surface area contributed by atoms with Gasteiger partial charge in [-0.2, -0.15) is 0 Å². The summed E-state index contributed by atoms with van der Waals surface area (Å²) in [6.07, 6.45) is 8.00. The number of rotatable bonds is 6. The van der Waals surface area contributed by atoms with Gasteiger partial charge in [-0.15, -0.1) is 0 Å². The van der Waals surface area contributed by atoms with Gasteiger partial charge < -0.3 is 15.5 Å². The molecule has 0 aliphatic heterocycles. The highest BCUT2D eigenvalue weighted by Gasteiger charge is 2.11. The molecule has 0 unspecified atom stereocenters. The predicted octanol–water partition coefficient (Wildman–Crippen LogP) is 5.38. The largest absolute Gasteiger partial charge is 0.490 e. The number of pyridine rings is 2. The van der Waals surface area contributed by atoms with Crippen molar-refractivity contribution in [3.05, 3.63) is 90.1 Å². The first-order valence-corrected chi connectivity index (χ1v) is 10.5. The van der Waals surface area contributed by atoms with Crippen LogP contribution in [0.1, 0.15) is 5.56 Å². The van der Waals surface area contributed by atoms with E-state index in [9.17, 15) is 0 Å². The van der Waals surface area contributed by atoms with Crippen molar-refractivity contribution in [2.75, 3.05) is 6.61 Å². The number of benzene rings is 2. The first-order valence-electron chi connectivity index (χ1n) is 10.1. The fourth-order valence-corrected chi connectivity index (χ4v) is 4.05. The Labute approximate surface area is 184 Å². The molecule has 0 fully saturated rings. The first kappa shape index (κ1) is 19.5. The van der Waals surface area contributed by atoms with Gasteiger partial charge in [0.25, 0.3) is 0 Å². The van der Waals surface area contributed by atoms with Crippen molar-refractivity contribution in [1.29, 1.82) is 0 Å². The molecule has 31 heavy (non-hydrogen) atoms. The van der Waals surface area contributed by atoms with E-state index in [0.717, 1.165) is 33.8 Å². The van der Waals surface area contributed by atoms with Gasteiger partial charge in [-0.05, 0) is 47.2 Å². The summed E-state index contributed by atoms with van der Waals surface area (Å²) >= 11 is 6.18. The van der Waals surface area contributed by atoms with Crippen LogP contribution in [0.2, 0.25) is 5.15 Å². The Kier molecular flexibility index (Phi) is 5.28. The third kappa shape index (κ3) is 4.10. The number of halogens is 1. The summed E-state index contributed by atoms with van der Waals surface area (Å²) in [5.41, 5.74) is 10.7. The number of aromatic nitrogens is 3. The predicted molar refractivity (Wildman–Crippen MR) is 125 cm³/mol. The van der Waals surface area contributed by atoms with Crippen molar-refractivity contribution < 1.29 is 4.74 Å². The zero-order valence-corrected chi connectivity index (χ0v) is 17.5. The van der Waals surface area contributed by atoms with Crippen LogP contribution in [0.5, 0.6) is 5.75 Å². The number of nitrogens with one attached hydrogen (secondary N) is 1. The van der Waals surface area contributed by atoms with Gasteiger partial charge in [0.2, 0.25) is 0 Å². The van der Waals surface area contributed by atoms with E-state index >= 15 is 0 Å². The van der Waals surface area contributed by atoms with Gasteiger partial charge in [0, 0.05) is 46.5 Å². The molecule has 3 N–H and O–H groups in total. The third-order valence-corrected chi connectivity index (χ3v) is 5.68. The van der Waals surface area contributed by atoms with Gasteiger partial charge >= 0.3 is 0 Å². The number of hydrogen-bond acceptors (Lipinski definition) is 4. The van der Waals surface area contributed by atoms with Gasteiger partial charge in [-0.1, -0.05) is 41.9 Å². The lowest BCUT2D eigenvalue weighted by Gasteiger charge is -2.13. The minimum atomic E-state index is -0.127. The fraction of sp³-hybridized carbons (Fsp3) is 0.120. The molecule has 0 amide bonds. The Morgan fingerprint density at radius 1 is 1.00 bits per heavy atom. The topological polar surface area (TPSA) is 76.8 Å². The molecule has 5 aromatic rings. The molecule has 0 bridgehead atoms. The molecule has 0 saturated carbocycles. The number of ether oxygens (including phenoxy) is 1. The van der Waals surface area contributed by atoms with Crippen LogP contribution in [0.4, 0.5) is 0 Å². The van der Waals surface area contributed by atoms with E-state index < -0.39 is 0 Å². The van der Waals surface area contributed by atoms with Crippen LogP contribution >= 0.6 is 11.6 Å². The Balaban J connectivity index is 1.29. The fourth-order valence-electron chi connectivity index (χ4n) is 3.82. The van der Waals surface area contributed by atoms with E-state index in [4.69, 9.17) is 22.1 Å². The minimum absolute atomic E-state index is 0.127. The minimum Gasteiger partial charge on any atom is -0.490 e. The molecular weight excluding hydrogens is 408 g/mol. The number of aromatic amines is 1. The molecule has 0 aliphatic rings. The van der Waals surface area contributed by atoms with Crippen LogP contribution in [0.25, 0.3) is 32.8 Å². The van der Waals surface area contributed by atoms with Crippen molar-refractivity contribution in [2.24, 2.45) is 5.73 Å². The average molecular weight is 429 g/mol. The summed E-state index contributed by atoms with van der Waals surface area (Å²) in [4.78, 5) is 11.8. The van der Waals surface area contributed by atoms with Crippen LogP contribution in [0.15, 0.2) is 79.4 Å². The zero-order valence-electron chi connectivity index (χ0n) is 16.8. The molecule has 0 spiro atoms. The van der Waals surface area contributed by atoms with Crippen LogP contribution < -0.4 is 10.5 Å². The number of para-hydroxylation sites is 1. The second kappa shape index (κ2) is 8.38. The maximum Gasteiger partial charge on any atom is 0.138 e. The first-order chi connectivity index (χ1) is 15.2. The Bertz CT molecular complexity index is 1360. The van der Waals surface area contributed by atoms with Crippen molar-refractivity contribution in [3.8, 4) is 16.9 Å². The second-order valence-corrected chi connectivity index (χ2v) is 7.94. The Morgan fingerprint density at radius 2 is 1.90 bits per heavy atom. The van der Waals surface area contributed by atoms with E-state index in [1.54, 1.807) is 12.4 Å². The van der Waals surface area contributed by atoms with Gasteiger partial charge in [0.15, 0.2) is 0 Å². The maximum absolute atomic E-state index is 6.35. The number of nitrogens with zero attached hydrogens (tertiary/aromatic N) is 2. The van der Waals surface area contributed by atoms with E-state index in [-0.39, 0.29) is 6.04 Å².